The van der Waals surface area contributed by atoms with Gasteiger partial charge < -0.3 is 14.8 Å². The van der Waals surface area contributed by atoms with Gasteiger partial charge in [0.2, 0.25) is 5.91 Å². The third-order valence-electron chi connectivity index (χ3n) is 7.84. The van der Waals surface area contributed by atoms with Crippen LogP contribution in [-0.2, 0) is 28.9 Å². The second-order valence-corrected chi connectivity index (χ2v) is 10.7. The lowest BCUT2D eigenvalue weighted by molar-refractivity contribution is -0.127. The molecule has 0 unspecified atom stereocenters. The zero-order valence-electron chi connectivity index (χ0n) is 21.5. The molecule has 194 valence electrons. The standard InChI is InChI=1S/C30H41N3O3/c34-30(31-12-5-13-32-14-16-35-17-15-32)28-18-25(21-33(22-28)20-24-6-2-1-3-7-24)23-36-29-11-10-26-8-4-9-27(26)19-29/h1-3,6-7,10-11,19,25,28H,4-5,8-9,12-18,20-23H2,(H,31,34)/t25-,28+/m0/s1. The van der Waals surface area contributed by atoms with Gasteiger partial charge in [-0.15, -0.1) is 0 Å². The predicted octanol–water partition coefficient (Wildman–Crippen LogP) is 3.53. The second kappa shape index (κ2) is 12.7. The minimum atomic E-state index is -0.000491. The molecule has 0 spiro atoms. The van der Waals surface area contributed by atoms with Crippen LogP contribution in [-0.4, -0.2) is 74.8 Å². The Morgan fingerprint density at radius 3 is 2.69 bits per heavy atom. The molecule has 6 nitrogen and oxygen atoms in total. The van der Waals surface area contributed by atoms with Gasteiger partial charge in [-0.3, -0.25) is 14.6 Å². The summed E-state index contributed by atoms with van der Waals surface area (Å²) < 4.78 is 11.7. The van der Waals surface area contributed by atoms with Crippen LogP contribution in [0.3, 0.4) is 0 Å². The normalized spacial score (nSPS) is 22.8. The first-order valence-electron chi connectivity index (χ1n) is 13.8. The summed E-state index contributed by atoms with van der Waals surface area (Å²) in [7, 11) is 0. The minimum Gasteiger partial charge on any atom is -0.493 e. The summed E-state index contributed by atoms with van der Waals surface area (Å²) in [5.41, 5.74) is 4.21. The summed E-state index contributed by atoms with van der Waals surface area (Å²) >= 11 is 0. The van der Waals surface area contributed by atoms with Gasteiger partial charge in [0.05, 0.1) is 25.7 Å². The quantitative estimate of drug-likeness (QED) is 0.516. The highest BCUT2D eigenvalue weighted by molar-refractivity contribution is 5.79. The lowest BCUT2D eigenvalue weighted by atomic mass is 9.88. The summed E-state index contributed by atoms with van der Waals surface area (Å²) in [5, 5.41) is 3.23. The molecule has 2 aromatic carbocycles. The Labute approximate surface area is 215 Å². The van der Waals surface area contributed by atoms with E-state index in [1.54, 1.807) is 0 Å². The maximum absolute atomic E-state index is 13.2. The average molecular weight is 492 g/mol. The second-order valence-electron chi connectivity index (χ2n) is 10.7. The van der Waals surface area contributed by atoms with Crippen molar-refractivity contribution in [1.29, 1.82) is 0 Å². The van der Waals surface area contributed by atoms with Gasteiger partial charge in [0.15, 0.2) is 0 Å². The number of piperidine rings is 1. The van der Waals surface area contributed by atoms with E-state index in [-0.39, 0.29) is 11.8 Å². The van der Waals surface area contributed by atoms with E-state index >= 15 is 0 Å². The number of nitrogens with zero attached hydrogens (tertiary/aromatic N) is 2. The van der Waals surface area contributed by atoms with E-state index < -0.39 is 0 Å². The molecule has 6 heteroatoms. The van der Waals surface area contributed by atoms with Gasteiger partial charge in [-0.1, -0.05) is 36.4 Å². The fraction of sp³-hybridized carbons (Fsp3) is 0.567. The zero-order chi connectivity index (χ0) is 24.6. The summed E-state index contributed by atoms with van der Waals surface area (Å²) in [6, 6.07) is 17.2. The molecule has 2 aliphatic heterocycles. The summed E-state index contributed by atoms with van der Waals surface area (Å²) in [5.74, 6) is 1.50. The molecule has 1 N–H and O–H groups in total. The number of nitrogens with one attached hydrogen (secondary N) is 1. The lowest BCUT2D eigenvalue weighted by Gasteiger charge is -2.37. The number of amides is 1. The molecule has 0 bridgehead atoms. The Kier molecular flexibility index (Phi) is 8.91. The molecule has 0 radical (unpaired) electrons. The van der Waals surface area contributed by atoms with Crippen LogP contribution in [0, 0.1) is 11.8 Å². The first-order valence-corrected chi connectivity index (χ1v) is 13.8. The summed E-state index contributed by atoms with van der Waals surface area (Å²) in [6.07, 6.45) is 5.46. The van der Waals surface area contributed by atoms with Crippen LogP contribution in [0.15, 0.2) is 48.5 Å². The van der Waals surface area contributed by atoms with Gasteiger partial charge >= 0.3 is 0 Å². The van der Waals surface area contributed by atoms with Crippen LogP contribution < -0.4 is 10.1 Å². The lowest BCUT2D eigenvalue weighted by Crippen LogP contribution is -2.47. The number of hydrogen-bond donors (Lipinski definition) is 1. The smallest absolute Gasteiger partial charge is 0.224 e. The minimum absolute atomic E-state index is 0.000491. The highest BCUT2D eigenvalue weighted by Crippen LogP contribution is 2.28. The molecule has 1 aliphatic carbocycles. The van der Waals surface area contributed by atoms with Crippen molar-refractivity contribution >= 4 is 5.91 Å². The van der Waals surface area contributed by atoms with Crippen molar-refractivity contribution in [1.82, 2.24) is 15.1 Å². The number of fused-ring (bicyclic) bond motifs is 1. The van der Waals surface area contributed by atoms with Crippen molar-refractivity contribution in [3.05, 3.63) is 65.2 Å². The monoisotopic (exact) mass is 491 g/mol. The van der Waals surface area contributed by atoms with Crippen molar-refractivity contribution in [3.8, 4) is 5.75 Å². The van der Waals surface area contributed by atoms with Crippen LogP contribution in [0.1, 0.15) is 36.0 Å². The van der Waals surface area contributed by atoms with Gasteiger partial charge in [-0.05, 0) is 67.5 Å². The number of benzene rings is 2. The highest BCUT2D eigenvalue weighted by Gasteiger charge is 2.32. The topological polar surface area (TPSA) is 54.0 Å². The first kappa shape index (κ1) is 25.2. The number of morpholine rings is 1. The number of likely N-dealkylation sites (tertiary alicyclic amines) is 1. The maximum Gasteiger partial charge on any atom is 0.224 e. The molecule has 2 fully saturated rings. The van der Waals surface area contributed by atoms with E-state index in [0.29, 0.717) is 12.5 Å². The fourth-order valence-corrected chi connectivity index (χ4v) is 5.92. The first-order chi connectivity index (χ1) is 17.7. The molecular formula is C30H41N3O3. The number of carbonyl (C=O) groups excluding carboxylic acids is 1. The largest absolute Gasteiger partial charge is 0.493 e. The third-order valence-corrected chi connectivity index (χ3v) is 7.84. The van der Waals surface area contributed by atoms with E-state index in [1.165, 1.54) is 29.5 Å². The van der Waals surface area contributed by atoms with Crippen molar-refractivity contribution in [2.45, 2.75) is 38.6 Å². The van der Waals surface area contributed by atoms with E-state index in [2.05, 4.69) is 63.6 Å². The Morgan fingerprint density at radius 2 is 1.83 bits per heavy atom. The van der Waals surface area contributed by atoms with Crippen LogP contribution >= 0.6 is 0 Å². The van der Waals surface area contributed by atoms with Crippen molar-refractivity contribution < 1.29 is 14.3 Å². The molecule has 36 heavy (non-hydrogen) atoms. The Morgan fingerprint density at radius 1 is 1.00 bits per heavy atom. The predicted molar refractivity (Wildman–Crippen MR) is 142 cm³/mol. The average Bonchev–Trinajstić information content (AvgIpc) is 3.39. The molecule has 5 rings (SSSR count). The molecule has 0 saturated carbocycles. The molecule has 1 amide bonds. The Hall–Kier alpha value is -2.41. The van der Waals surface area contributed by atoms with Crippen LogP contribution in [0.4, 0.5) is 0 Å². The molecule has 3 aliphatic rings. The van der Waals surface area contributed by atoms with Gasteiger partial charge in [0.1, 0.15) is 5.75 Å². The SMILES string of the molecule is O=C(NCCCN1CCOCC1)[C@@H]1C[C@H](COc2ccc3c(c2)CCC3)CN(Cc2ccccc2)C1. The van der Waals surface area contributed by atoms with Gasteiger partial charge in [-0.2, -0.15) is 0 Å². The van der Waals surface area contributed by atoms with Gasteiger partial charge in [0, 0.05) is 45.2 Å². The Balaban J connectivity index is 1.15. The zero-order valence-corrected chi connectivity index (χ0v) is 21.5. The molecule has 0 aromatic heterocycles. The molecular weight excluding hydrogens is 450 g/mol. The summed E-state index contributed by atoms with van der Waals surface area (Å²) in [4.78, 5) is 18.0. The van der Waals surface area contributed by atoms with Crippen molar-refractivity contribution in [2.24, 2.45) is 11.8 Å². The van der Waals surface area contributed by atoms with E-state index in [9.17, 15) is 4.79 Å². The Bertz CT molecular complexity index is 977. The maximum atomic E-state index is 13.2. The van der Waals surface area contributed by atoms with Crippen molar-refractivity contribution in [3.63, 3.8) is 0 Å². The third kappa shape index (κ3) is 7.09. The number of ether oxygens (including phenoxy) is 2. The van der Waals surface area contributed by atoms with Crippen LogP contribution in [0.5, 0.6) is 5.75 Å². The van der Waals surface area contributed by atoms with E-state index in [1.807, 2.05) is 0 Å². The number of carbonyl (C=O) groups is 1. The molecule has 2 aromatic rings. The van der Waals surface area contributed by atoms with Gasteiger partial charge in [-0.25, -0.2) is 0 Å². The molecule has 2 saturated heterocycles. The van der Waals surface area contributed by atoms with Crippen LogP contribution in [0.25, 0.3) is 0 Å². The fourth-order valence-electron chi connectivity index (χ4n) is 5.92. The molecule has 2 atom stereocenters. The highest BCUT2D eigenvalue weighted by atomic mass is 16.5. The van der Waals surface area contributed by atoms with Crippen molar-refractivity contribution in [2.75, 3.05) is 59.1 Å². The molecule has 2 heterocycles. The van der Waals surface area contributed by atoms with E-state index in [0.717, 1.165) is 84.0 Å². The number of rotatable bonds is 10. The summed E-state index contributed by atoms with van der Waals surface area (Å²) in [6.45, 7) is 8.68. The number of hydrogen-bond acceptors (Lipinski definition) is 5. The van der Waals surface area contributed by atoms with E-state index in [4.69, 9.17) is 9.47 Å². The number of aryl methyl sites for hydroxylation is 2. The van der Waals surface area contributed by atoms with Crippen LogP contribution in [0.2, 0.25) is 0 Å². The van der Waals surface area contributed by atoms with Gasteiger partial charge in [0.25, 0.3) is 0 Å².